The number of rotatable bonds is 3. The Bertz CT molecular complexity index is 758. The molecule has 5 heteroatoms. The average Bonchev–Trinajstić information content (AvgIpc) is 2.79. The minimum absolute atomic E-state index is 0.0657. The molecule has 0 unspecified atom stereocenters. The van der Waals surface area contributed by atoms with Crippen molar-refractivity contribution in [2.75, 3.05) is 11.9 Å². The molecule has 4 nitrogen and oxygen atoms in total. The topological polar surface area (TPSA) is 49.4 Å². The van der Waals surface area contributed by atoms with Crippen LogP contribution in [0.25, 0.3) is 0 Å². The van der Waals surface area contributed by atoms with Crippen LogP contribution < -0.4 is 10.2 Å². The highest BCUT2D eigenvalue weighted by Crippen LogP contribution is 2.28. The fourth-order valence-corrected chi connectivity index (χ4v) is 2.55. The number of nitrogens with zero attached hydrogens (tertiary/aromatic N) is 1. The molecular weight excluding hydrogens is 283 g/mol. The fraction of sp³-hybridized carbons (Fsp3) is 0.176. The van der Waals surface area contributed by atoms with Crippen molar-refractivity contribution in [2.45, 2.75) is 13.0 Å². The zero-order valence-electron chi connectivity index (χ0n) is 12.1. The molecule has 0 radical (unpaired) electrons. The second-order valence-electron chi connectivity index (χ2n) is 5.29. The molecule has 1 aliphatic heterocycles. The molecule has 3 rings (SSSR count). The van der Waals surface area contributed by atoms with Crippen LogP contribution in [0, 0.1) is 5.82 Å². The third-order valence-electron chi connectivity index (χ3n) is 3.76. The average molecular weight is 298 g/mol. The summed E-state index contributed by atoms with van der Waals surface area (Å²) in [6, 6.07) is 11.2. The first kappa shape index (κ1) is 14.3. The molecule has 112 valence electrons. The van der Waals surface area contributed by atoms with Crippen molar-refractivity contribution in [2.24, 2.45) is 0 Å². The third kappa shape index (κ3) is 2.70. The summed E-state index contributed by atoms with van der Waals surface area (Å²) in [5.41, 5.74) is 3.07. The number of carbonyl (C=O) groups excluding carboxylic acids is 2. The number of benzene rings is 2. The van der Waals surface area contributed by atoms with Crippen molar-refractivity contribution in [1.82, 2.24) is 5.32 Å². The van der Waals surface area contributed by atoms with Gasteiger partial charge in [-0.05, 0) is 35.4 Å². The van der Waals surface area contributed by atoms with Crippen LogP contribution in [-0.4, -0.2) is 18.9 Å². The van der Waals surface area contributed by atoms with Gasteiger partial charge in [-0.15, -0.1) is 0 Å². The zero-order valence-corrected chi connectivity index (χ0v) is 12.1. The predicted octanol–water partition coefficient (Wildman–Crippen LogP) is 2.27. The SMILES string of the molecule is CN1C(=O)Cc2cc(CNC(=O)c3cccc(F)c3)ccc21. The van der Waals surface area contributed by atoms with E-state index < -0.39 is 5.82 Å². The molecule has 1 N–H and O–H groups in total. The first-order valence-electron chi connectivity index (χ1n) is 6.97. The van der Waals surface area contributed by atoms with E-state index in [1.165, 1.54) is 18.2 Å². The van der Waals surface area contributed by atoms with Crippen LogP contribution in [0.4, 0.5) is 10.1 Å². The summed E-state index contributed by atoms with van der Waals surface area (Å²) in [7, 11) is 1.75. The quantitative estimate of drug-likeness (QED) is 0.945. The summed E-state index contributed by atoms with van der Waals surface area (Å²) in [6.07, 6.45) is 0.386. The normalized spacial score (nSPS) is 13.2. The van der Waals surface area contributed by atoms with Gasteiger partial charge in [0.05, 0.1) is 6.42 Å². The van der Waals surface area contributed by atoms with Gasteiger partial charge in [0.2, 0.25) is 5.91 Å². The monoisotopic (exact) mass is 298 g/mol. The maximum atomic E-state index is 13.1. The van der Waals surface area contributed by atoms with E-state index in [0.29, 0.717) is 13.0 Å². The van der Waals surface area contributed by atoms with E-state index in [1.807, 2.05) is 18.2 Å². The highest BCUT2D eigenvalue weighted by atomic mass is 19.1. The highest BCUT2D eigenvalue weighted by Gasteiger charge is 2.23. The van der Waals surface area contributed by atoms with Gasteiger partial charge in [0, 0.05) is 24.8 Å². The van der Waals surface area contributed by atoms with Crippen LogP contribution in [0.15, 0.2) is 42.5 Å². The maximum Gasteiger partial charge on any atom is 0.251 e. The van der Waals surface area contributed by atoms with Crippen LogP contribution >= 0.6 is 0 Å². The maximum absolute atomic E-state index is 13.1. The zero-order chi connectivity index (χ0) is 15.7. The molecule has 2 aromatic carbocycles. The molecule has 1 heterocycles. The second-order valence-corrected chi connectivity index (χ2v) is 5.29. The van der Waals surface area contributed by atoms with Crippen molar-refractivity contribution in [3.05, 3.63) is 65.0 Å². The van der Waals surface area contributed by atoms with Crippen molar-refractivity contribution in [1.29, 1.82) is 0 Å². The number of hydrogen-bond donors (Lipinski definition) is 1. The van der Waals surface area contributed by atoms with Gasteiger partial charge in [0.25, 0.3) is 5.91 Å². The van der Waals surface area contributed by atoms with Gasteiger partial charge >= 0.3 is 0 Å². The summed E-state index contributed by atoms with van der Waals surface area (Å²) in [5, 5.41) is 2.75. The van der Waals surface area contributed by atoms with Crippen LogP contribution in [0.2, 0.25) is 0 Å². The van der Waals surface area contributed by atoms with Crippen molar-refractivity contribution in [3.8, 4) is 0 Å². The lowest BCUT2D eigenvalue weighted by atomic mass is 10.1. The Morgan fingerprint density at radius 3 is 2.86 bits per heavy atom. The standard InChI is InChI=1S/C17H15FN2O2/c1-20-15-6-5-11(7-13(15)9-16(20)21)10-19-17(22)12-3-2-4-14(18)8-12/h2-8H,9-10H2,1H3,(H,19,22). The Hall–Kier alpha value is -2.69. The molecule has 0 aliphatic carbocycles. The Morgan fingerprint density at radius 1 is 1.27 bits per heavy atom. The van der Waals surface area contributed by atoms with Gasteiger partial charge < -0.3 is 10.2 Å². The molecule has 0 atom stereocenters. The first-order chi connectivity index (χ1) is 10.5. The lowest BCUT2D eigenvalue weighted by Crippen LogP contribution is -2.23. The van der Waals surface area contributed by atoms with Crippen molar-refractivity contribution < 1.29 is 14.0 Å². The number of carbonyl (C=O) groups is 2. The van der Waals surface area contributed by atoms with Crippen LogP contribution in [0.1, 0.15) is 21.5 Å². The fourth-order valence-electron chi connectivity index (χ4n) is 2.55. The van der Waals surface area contributed by atoms with Crippen LogP contribution in [-0.2, 0) is 17.8 Å². The van der Waals surface area contributed by atoms with Crippen molar-refractivity contribution in [3.63, 3.8) is 0 Å². The van der Waals surface area contributed by atoms with E-state index >= 15 is 0 Å². The molecule has 0 fully saturated rings. The molecule has 22 heavy (non-hydrogen) atoms. The largest absolute Gasteiger partial charge is 0.348 e. The first-order valence-corrected chi connectivity index (χ1v) is 6.97. The van der Waals surface area contributed by atoms with Gasteiger partial charge in [0.1, 0.15) is 5.82 Å². The van der Waals surface area contributed by atoms with Crippen molar-refractivity contribution >= 4 is 17.5 Å². The number of anilines is 1. The molecule has 0 bridgehead atoms. The molecule has 0 saturated carbocycles. The molecular formula is C17H15FN2O2. The van der Waals surface area contributed by atoms with E-state index in [9.17, 15) is 14.0 Å². The summed E-state index contributed by atoms with van der Waals surface area (Å²) >= 11 is 0. The Balaban J connectivity index is 1.69. The molecule has 0 spiro atoms. The number of nitrogens with one attached hydrogen (secondary N) is 1. The van der Waals surface area contributed by atoms with Gasteiger partial charge in [0.15, 0.2) is 0 Å². The summed E-state index contributed by atoms with van der Waals surface area (Å²) in [4.78, 5) is 25.2. The van der Waals surface area contributed by atoms with Gasteiger partial charge in [-0.1, -0.05) is 18.2 Å². The molecule has 2 aromatic rings. The Morgan fingerprint density at radius 2 is 2.09 bits per heavy atom. The van der Waals surface area contributed by atoms with Crippen LogP contribution in [0.3, 0.4) is 0 Å². The Labute approximate surface area is 127 Å². The molecule has 0 saturated heterocycles. The lowest BCUT2D eigenvalue weighted by molar-refractivity contribution is -0.117. The van der Waals surface area contributed by atoms with Gasteiger partial charge in [-0.25, -0.2) is 4.39 Å². The summed E-state index contributed by atoms with van der Waals surface area (Å²) in [5.74, 6) is -0.698. The van der Waals surface area contributed by atoms with Gasteiger partial charge in [-0.2, -0.15) is 0 Å². The number of likely N-dealkylation sites (N-methyl/N-ethyl adjacent to an activating group) is 1. The van der Waals surface area contributed by atoms with E-state index in [1.54, 1.807) is 18.0 Å². The van der Waals surface area contributed by atoms with E-state index in [4.69, 9.17) is 0 Å². The number of fused-ring (bicyclic) bond motifs is 1. The minimum atomic E-state index is -0.438. The van der Waals surface area contributed by atoms with Crippen LogP contribution in [0.5, 0.6) is 0 Å². The number of hydrogen-bond acceptors (Lipinski definition) is 2. The van der Waals surface area contributed by atoms with E-state index in [0.717, 1.165) is 16.8 Å². The molecule has 2 amide bonds. The molecule has 0 aromatic heterocycles. The van der Waals surface area contributed by atoms with Gasteiger partial charge in [-0.3, -0.25) is 9.59 Å². The predicted molar refractivity (Wildman–Crippen MR) is 81.1 cm³/mol. The number of halogens is 1. The smallest absolute Gasteiger partial charge is 0.251 e. The second kappa shape index (κ2) is 5.60. The summed E-state index contributed by atoms with van der Waals surface area (Å²) in [6.45, 7) is 0.334. The molecule has 1 aliphatic rings. The summed E-state index contributed by atoms with van der Waals surface area (Å²) < 4.78 is 13.1. The Kier molecular flexibility index (Phi) is 3.63. The minimum Gasteiger partial charge on any atom is -0.348 e. The van der Waals surface area contributed by atoms with E-state index in [2.05, 4.69) is 5.32 Å². The van der Waals surface area contributed by atoms with E-state index in [-0.39, 0.29) is 17.4 Å². The third-order valence-corrected chi connectivity index (χ3v) is 3.76. The highest BCUT2D eigenvalue weighted by molar-refractivity contribution is 6.01. The lowest BCUT2D eigenvalue weighted by Gasteiger charge is -2.11. The number of amides is 2.